The summed E-state index contributed by atoms with van der Waals surface area (Å²) in [4.78, 5) is 45.0. The van der Waals surface area contributed by atoms with Crippen LogP contribution in [0, 0.1) is 29.6 Å². The molecule has 2 amide bonds. The minimum Gasteiger partial charge on any atom is -0.453 e. The monoisotopic (exact) mass is 681 g/mol. The second kappa shape index (κ2) is 16.3. The van der Waals surface area contributed by atoms with Gasteiger partial charge in [0.1, 0.15) is 28.9 Å². The summed E-state index contributed by atoms with van der Waals surface area (Å²) in [6, 6.07) is 7.31. The number of aromatic amines is 1. The van der Waals surface area contributed by atoms with Crippen molar-refractivity contribution in [3.8, 4) is 23.7 Å². The number of hydrogen-bond acceptors (Lipinski definition) is 8. The Bertz CT molecular complexity index is 1680. The SMILES string of the molecule is C=C(c1ccc(N2CCN(C)CC2)cc1)C(C)(C#CC#Cc1cnc([C@@H]2CCCN2)[nH]1)/N=C(\N)[C@@H]1CCCN1C(=O)[C@@H](NC(=O)OC)C(C)C. The molecule has 0 spiro atoms. The molecule has 5 N–H and O–H groups in total. The average Bonchev–Trinajstić information content (AvgIpc) is 3.91. The number of nitrogens with zero attached hydrogens (tertiary/aromatic N) is 5. The molecule has 266 valence electrons. The van der Waals surface area contributed by atoms with Crippen molar-refractivity contribution in [2.75, 3.05) is 58.3 Å². The van der Waals surface area contributed by atoms with Crippen LogP contribution in [0.15, 0.2) is 42.0 Å². The van der Waals surface area contributed by atoms with Crippen LogP contribution in [-0.4, -0.2) is 109 Å². The second-order valence-electron chi connectivity index (χ2n) is 13.8. The first-order chi connectivity index (χ1) is 24.0. The summed E-state index contributed by atoms with van der Waals surface area (Å²) in [6.45, 7) is 15.6. The fraction of sp³-hybridized carbons (Fsp3) is 0.526. The number of amides is 2. The number of nitrogens with two attached hydrogens (primary N) is 1. The Morgan fingerprint density at radius 2 is 1.86 bits per heavy atom. The number of carbonyl (C=O) groups is 2. The molecule has 12 heteroatoms. The zero-order valence-electron chi connectivity index (χ0n) is 30.0. The molecule has 3 fully saturated rings. The lowest BCUT2D eigenvalue weighted by Gasteiger charge is -2.34. The second-order valence-corrected chi connectivity index (χ2v) is 13.8. The maximum absolute atomic E-state index is 13.7. The van der Waals surface area contributed by atoms with Crippen molar-refractivity contribution >= 4 is 29.1 Å². The third-order valence-corrected chi connectivity index (χ3v) is 9.84. The van der Waals surface area contributed by atoms with Crippen LogP contribution in [0.5, 0.6) is 0 Å². The van der Waals surface area contributed by atoms with Crippen molar-refractivity contribution in [1.29, 1.82) is 0 Å². The van der Waals surface area contributed by atoms with E-state index in [9.17, 15) is 9.59 Å². The summed E-state index contributed by atoms with van der Waals surface area (Å²) in [5, 5.41) is 6.12. The van der Waals surface area contributed by atoms with Gasteiger partial charge in [-0.1, -0.05) is 38.5 Å². The standard InChI is InChI=1S/C38H51N9O3/c1-26(2)33(43-37(49)50-6)36(48)47-20-10-13-32(47)34(39)44-38(4,18-8-7-11-29-25-41-35(42-29)31-12-9-19-40-31)27(3)28-14-16-30(17-15-28)46-23-21-45(5)22-24-46/h14-17,25-26,31-33,40H,3,9-10,12-13,19-24H2,1-2,4-6H3,(H2,39,44)(H,41,42)(H,43,49)/t31-,32-,33-,38?/m0/s1. The molecule has 1 unspecified atom stereocenters. The fourth-order valence-electron chi connectivity index (χ4n) is 6.69. The van der Waals surface area contributed by atoms with E-state index in [2.05, 4.69) is 79.8 Å². The van der Waals surface area contributed by atoms with Crippen LogP contribution < -0.4 is 21.3 Å². The Morgan fingerprint density at radius 3 is 2.52 bits per heavy atom. The number of likely N-dealkylation sites (N-methyl/N-ethyl adjacent to an activating group) is 1. The van der Waals surface area contributed by atoms with Crippen LogP contribution in [0.1, 0.15) is 69.6 Å². The summed E-state index contributed by atoms with van der Waals surface area (Å²) in [5.41, 5.74) is 9.01. The van der Waals surface area contributed by atoms with E-state index >= 15 is 0 Å². The number of amidine groups is 1. The molecular formula is C38H51N9O3. The largest absolute Gasteiger partial charge is 0.453 e. The van der Waals surface area contributed by atoms with Gasteiger partial charge < -0.3 is 40.8 Å². The number of benzene rings is 1. The van der Waals surface area contributed by atoms with Gasteiger partial charge in [-0.2, -0.15) is 0 Å². The molecule has 1 aromatic carbocycles. The zero-order chi connectivity index (χ0) is 35.8. The Labute approximate surface area is 296 Å². The van der Waals surface area contributed by atoms with Gasteiger partial charge in [0.15, 0.2) is 0 Å². The lowest BCUT2D eigenvalue weighted by molar-refractivity contribution is -0.134. The molecule has 0 aliphatic carbocycles. The number of methoxy groups -OCH3 is 1. The van der Waals surface area contributed by atoms with Crippen LogP contribution in [0.3, 0.4) is 0 Å². The molecule has 1 aromatic heterocycles. The number of imidazole rings is 1. The lowest BCUT2D eigenvalue weighted by atomic mass is 9.88. The Balaban J connectivity index is 1.42. The third-order valence-electron chi connectivity index (χ3n) is 9.84. The molecule has 5 rings (SSSR count). The fourth-order valence-corrected chi connectivity index (χ4v) is 6.69. The molecule has 50 heavy (non-hydrogen) atoms. The first kappa shape index (κ1) is 36.5. The van der Waals surface area contributed by atoms with E-state index in [0.29, 0.717) is 24.2 Å². The normalized spacial score (nSPS) is 21.4. The Kier molecular flexibility index (Phi) is 11.9. The van der Waals surface area contributed by atoms with Crippen molar-refractivity contribution in [2.24, 2.45) is 16.6 Å². The number of alkyl carbamates (subject to hydrolysis) is 1. The number of ether oxygens (including phenoxy) is 1. The predicted molar refractivity (Wildman–Crippen MR) is 197 cm³/mol. The van der Waals surface area contributed by atoms with Gasteiger partial charge >= 0.3 is 6.09 Å². The molecule has 0 radical (unpaired) electrons. The van der Waals surface area contributed by atoms with E-state index in [1.54, 1.807) is 11.1 Å². The van der Waals surface area contributed by atoms with E-state index < -0.39 is 23.7 Å². The number of H-pyrrole nitrogens is 1. The van der Waals surface area contributed by atoms with Crippen molar-refractivity contribution in [3.05, 3.63) is 54.1 Å². The molecule has 4 heterocycles. The Hall–Kier alpha value is -4.78. The van der Waals surface area contributed by atoms with Crippen LogP contribution in [0.25, 0.3) is 5.57 Å². The number of aromatic nitrogens is 2. The lowest BCUT2D eigenvalue weighted by Crippen LogP contribution is -2.55. The first-order valence-corrected chi connectivity index (χ1v) is 17.5. The van der Waals surface area contributed by atoms with Gasteiger partial charge in [0.05, 0.1) is 25.4 Å². The van der Waals surface area contributed by atoms with Crippen LogP contribution >= 0.6 is 0 Å². The van der Waals surface area contributed by atoms with E-state index in [4.69, 9.17) is 15.5 Å². The van der Waals surface area contributed by atoms with Gasteiger partial charge in [0, 0.05) is 38.4 Å². The molecule has 4 atom stereocenters. The number of anilines is 1. The number of hydrogen-bond donors (Lipinski definition) is 4. The zero-order valence-corrected chi connectivity index (χ0v) is 30.0. The molecule has 3 aliphatic heterocycles. The maximum Gasteiger partial charge on any atom is 0.407 e. The summed E-state index contributed by atoms with van der Waals surface area (Å²) in [6.07, 6.45) is 4.62. The highest BCUT2D eigenvalue weighted by atomic mass is 16.5. The molecule has 2 aromatic rings. The molecule has 3 saturated heterocycles. The number of nitrogens with one attached hydrogen (secondary N) is 3. The highest BCUT2D eigenvalue weighted by Crippen LogP contribution is 2.32. The van der Waals surface area contributed by atoms with E-state index in [0.717, 1.165) is 69.1 Å². The molecule has 3 aliphatic rings. The van der Waals surface area contributed by atoms with Crippen molar-refractivity contribution in [1.82, 2.24) is 30.4 Å². The quantitative estimate of drug-likeness (QED) is 0.180. The van der Waals surface area contributed by atoms with Gasteiger partial charge in [0.2, 0.25) is 5.91 Å². The van der Waals surface area contributed by atoms with Gasteiger partial charge in [-0.3, -0.25) is 4.79 Å². The molecule has 0 saturated carbocycles. The smallest absolute Gasteiger partial charge is 0.407 e. The third kappa shape index (κ3) is 8.68. The van der Waals surface area contributed by atoms with Crippen LogP contribution in [-0.2, 0) is 9.53 Å². The molecular weight excluding hydrogens is 630 g/mol. The maximum atomic E-state index is 13.7. The summed E-state index contributed by atoms with van der Waals surface area (Å²) in [5.74, 6) is 13.1. The van der Waals surface area contributed by atoms with Gasteiger partial charge in [-0.05, 0) is 93.1 Å². The minimum atomic E-state index is -1.15. The predicted octanol–water partition coefficient (Wildman–Crippen LogP) is 3.14. The Morgan fingerprint density at radius 1 is 1.12 bits per heavy atom. The number of likely N-dealkylation sites (tertiary alicyclic amines) is 1. The van der Waals surface area contributed by atoms with Gasteiger partial charge in [-0.15, -0.1) is 0 Å². The number of rotatable bonds is 9. The number of carbonyl (C=O) groups excluding carboxylic acids is 2. The molecule has 0 bridgehead atoms. The summed E-state index contributed by atoms with van der Waals surface area (Å²) in [7, 11) is 3.42. The van der Waals surface area contributed by atoms with Gasteiger partial charge in [0.25, 0.3) is 0 Å². The van der Waals surface area contributed by atoms with E-state index in [-0.39, 0.29) is 23.7 Å². The van der Waals surface area contributed by atoms with Crippen LogP contribution in [0.4, 0.5) is 10.5 Å². The number of piperazine rings is 1. The number of aliphatic imine (C=N–C) groups is 1. The summed E-state index contributed by atoms with van der Waals surface area (Å²) < 4.78 is 4.78. The first-order valence-electron chi connectivity index (χ1n) is 17.5. The van der Waals surface area contributed by atoms with E-state index in [1.165, 1.54) is 7.11 Å². The van der Waals surface area contributed by atoms with Crippen molar-refractivity contribution in [2.45, 2.75) is 70.1 Å². The molecule has 12 nitrogen and oxygen atoms in total. The highest BCUT2D eigenvalue weighted by Gasteiger charge is 2.38. The van der Waals surface area contributed by atoms with Gasteiger partial charge in [-0.25, -0.2) is 14.8 Å². The topological polar surface area (TPSA) is 144 Å². The average molecular weight is 682 g/mol. The van der Waals surface area contributed by atoms with Crippen LogP contribution in [0.2, 0.25) is 0 Å². The van der Waals surface area contributed by atoms with Crippen molar-refractivity contribution < 1.29 is 14.3 Å². The van der Waals surface area contributed by atoms with E-state index in [1.807, 2.05) is 32.9 Å². The summed E-state index contributed by atoms with van der Waals surface area (Å²) >= 11 is 0. The minimum absolute atomic E-state index is 0.162. The van der Waals surface area contributed by atoms with Crippen molar-refractivity contribution in [3.63, 3.8) is 0 Å². The highest BCUT2D eigenvalue weighted by molar-refractivity contribution is 5.95.